The first-order valence-electron chi connectivity index (χ1n) is 5.31. The molecule has 0 fully saturated rings. The van der Waals surface area contributed by atoms with Crippen LogP contribution in [0.25, 0.3) is 12.2 Å². The number of hydrogen-bond donors (Lipinski definition) is 1. The second kappa shape index (κ2) is 5.29. The van der Waals surface area contributed by atoms with Crippen molar-refractivity contribution in [1.82, 2.24) is 0 Å². The van der Waals surface area contributed by atoms with E-state index < -0.39 is 0 Å². The van der Waals surface area contributed by atoms with Crippen molar-refractivity contribution in [2.75, 3.05) is 0 Å². The molecule has 1 heteroatoms. The molecule has 2 aromatic carbocycles. The highest BCUT2D eigenvalue weighted by atomic mass is 16.3. The Balaban J connectivity index is 2.12. The van der Waals surface area contributed by atoms with Crippen molar-refractivity contribution < 1.29 is 5.11 Å². The number of hydrogen-bond acceptors (Lipinski definition) is 1. The minimum atomic E-state index is 0.0999. The molecule has 0 atom stereocenters. The van der Waals surface area contributed by atoms with Crippen molar-refractivity contribution in [3.8, 4) is 0 Å². The average molecular weight is 210 g/mol. The maximum atomic E-state index is 8.92. The Labute approximate surface area is 95.7 Å². The third-order valence-corrected chi connectivity index (χ3v) is 2.43. The van der Waals surface area contributed by atoms with Gasteiger partial charge in [-0.05, 0) is 16.7 Å². The van der Waals surface area contributed by atoms with Crippen LogP contribution in [0.5, 0.6) is 0 Å². The number of benzene rings is 2. The second-order valence-corrected chi connectivity index (χ2v) is 3.64. The van der Waals surface area contributed by atoms with Crippen molar-refractivity contribution in [3.05, 3.63) is 71.3 Å². The molecule has 0 aliphatic carbocycles. The van der Waals surface area contributed by atoms with Crippen LogP contribution < -0.4 is 0 Å². The summed E-state index contributed by atoms with van der Waals surface area (Å²) in [5, 5.41) is 8.92. The van der Waals surface area contributed by atoms with E-state index in [2.05, 4.69) is 24.3 Å². The fourth-order valence-corrected chi connectivity index (χ4v) is 1.49. The first-order chi connectivity index (χ1) is 7.88. The molecule has 0 heterocycles. The zero-order valence-electron chi connectivity index (χ0n) is 9.01. The number of aliphatic hydroxyl groups is 1. The average Bonchev–Trinajstić information content (AvgIpc) is 2.38. The highest BCUT2D eigenvalue weighted by Gasteiger charge is 1.90. The van der Waals surface area contributed by atoms with Crippen LogP contribution in [0.3, 0.4) is 0 Å². The summed E-state index contributed by atoms with van der Waals surface area (Å²) in [6.45, 7) is 0.0999. The summed E-state index contributed by atoms with van der Waals surface area (Å²) in [4.78, 5) is 0. The van der Waals surface area contributed by atoms with Crippen LogP contribution in [0.1, 0.15) is 16.7 Å². The van der Waals surface area contributed by atoms with Gasteiger partial charge in [-0.3, -0.25) is 0 Å². The topological polar surface area (TPSA) is 20.2 Å². The van der Waals surface area contributed by atoms with Gasteiger partial charge in [0.25, 0.3) is 0 Å². The fourth-order valence-electron chi connectivity index (χ4n) is 1.49. The van der Waals surface area contributed by atoms with Crippen LogP contribution in [-0.2, 0) is 6.61 Å². The van der Waals surface area contributed by atoms with Gasteiger partial charge >= 0.3 is 0 Å². The van der Waals surface area contributed by atoms with E-state index in [-0.39, 0.29) is 6.61 Å². The van der Waals surface area contributed by atoms with Gasteiger partial charge in [0.2, 0.25) is 0 Å². The molecule has 2 rings (SSSR count). The van der Waals surface area contributed by atoms with Crippen molar-refractivity contribution in [2.45, 2.75) is 6.61 Å². The predicted octanol–water partition coefficient (Wildman–Crippen LogP) is 3.35. The van der Waals surface area contributed by atoms with Crippen LogP contribution >= 0.6 is 0 Å². The molecular formula is C15H14O. The highest BCUT2D eigenvalue weighted by Crippen LogP contribution is 2.09. The van der Waals surface area contributed by atoms with Crippen molar-refractivity contribution in [2.24, 2.45) is 0 Å². The molecule has 1 nitrogen and oxygen atoms in total. The molecule has 0 aliphatic rings. The Morgan fingerprint density at radius 2 is 1.31 bits per heavy atom. The Morgan fingerprint density at radius 3 is 1.88 bits per heavy atom. The zero-order chi connectivity index (χ0) is 11.2. The monoisotopic (exact) mass is 210 g/mol. The Morgan fingerprint density at radius 1 is 0.750 bits per heavy atom. The highest BCUT2D eigenvalue weighted by molar-refractivity contribution is 5.69. The third-order valence-electron chi connectivity index (χ3n) is 2.43. The van der Waals surface area contributed by atoms with E-state index in [4.69, 9.17) is 5.11 Å². The van der Waals surface area contributed by atoms with Gasteiger partial charge in [0.1, 0.15) is 0 Å². The molecule has 1 N–H and O–H groups in total. The van der Waals surface area contributed by atoms with Crippen molar-refractivity contribution >= 4 is 12.2 Å². The maximum Gasteiger partial charge on any atom is 0.0681 e. The molecule has 0 aliphatic heterocycles. The number of aliphatic hydroxyl groups excluding tert-OH is 1. The first kappa shape index (κ1) is 10.7. The molecule has 0 saturated heterocycles. The third kappa shape index (κ3) is 2.81. The van der Waals surface area contributed by atoms with Crippen LogP contribution in [-0.4, -0.2) is 5.11 Å². The summed E-state index contributed by atoms with van der Waals surface area (Å²) in [5.41, 5.74) is 3.27. The summed E-state index contributed by atoms with van der Waals surface area (Å²) in [6, 6.07) is 18.1. The molecule has 0 amide bonds. The SMILES string of the molecule is OCc1ccc(C=Cc2ccccc2)cc1. The van der Waals surface area contributed by atoms with E-state index in [0.717, 1.165) is 11.1 Å². The maximum absolute atomic E-state index is 8.92. The summed E-state index contributed by atoms with van der Waals surface area (Å²) in [6.07, 6.45) is 4.14. The molecule has 0 saturated carbocycles. The summed E-state index contributed by atoms with van der Waals surface area (Å²) in [5.74, 6) is 0. The van der Waals surface area contributed by atoms with Crippen LogP contribution in [0.15, 0.2) is 54.6 Å². The van der Waals surface area contributed by atoms with Gasteiger partial charge in [0.05, 0.1) is 6.61 Å². The largest absolute Gasteiger partial charge is 0.392 e. The van der Waals surface area contributed by atoms with Crippen LogP contribution in [0.4, 0.5) is 0 Å². The quantitative estimate of drug-likeness (QED) is 0.770. The van der Waals surface area contributed by atoms with Crippen molar-refractivity contribution in [3.63, 3.8) is 0 Å². The lowest BCUT2D eigenvalue weighted by Gasteiger charge is -1.97. The van der Waals surface area contributed by atoms with Crippen LogP contribution in [0.2, 0.25) is 0 Å². The lowest BCUT2D eigenvalue weighted by molar-refractivity contribution is 0.282. The van der Waals surface area contributed by atoms with E-state index in [1.807, 2.05) is 42.5 Å². The summed E-state index contributed by atoms with van der Waals surface area (Å²) < 4.78 is 0. The predicted molar refractivity (Wildman–Crippen MR) is 67.7 cm³/mol. The van der Waals surface area contributed by atoms with Crippen LogP contribution in [0, 0.1) is 0 Å². The molecule has 2 aromatic rings. The molecule has 0 unspecified atom stereocenters. The normalized spacial score (nSPS) is 10.8. The van der Waals surface area contributed by atoms with Gasteiger partial charge in [-0.25, -0.2) is 0 Å². The Hall–Kier alpha value is -1.86. The molecule has 80 valence electrons. The molecule has 0 bridgehead atoms. The zero-order valence-corrected chi connectivity index (χ0v) is 9.01. The van der Waals surface area contributed by atoms with Gasteiger partial charge in [0.15, 0.2) is 0 Å². The van der Waals surface area contributed by atoms with E-state index in [1.54, 1.807) is 0 Å². The number of rotatable bonds is 3. The van der Waals surface area contributed by atoms with Gasteiger partial charge < -0.3 is 5.11 Å². The summed E-state index contributed by atoms with van der Waals surface area (Å²) in [7, 11) is 0. The smallest absolute Gasteiger partial charge is 0.0681 e. The molecular weight excluding hydrogens is 196 g/mol. The van der Waals surface area contributed by atoms with E-state index in [0.29, 0.717) is 0 Å². The second-order valence-electron chi connectivity index (χ2n) is 3.64. The Kier molecular flexibility index (Phi) is 3.52. The van der Waals surface area contributed by atoms with Gasteiger partial charge in [-0.2, -0.15) is 0 Å². The molecule has 0 spiro atoms. The lowest BCUT2D eigenvalue weighted by atomic mass is 10.1. The van der Waals surface area contributed by atoms with E-state index in [1.165, 1.54) is 5.56 Å². The van der Waals surface area contributed by atoms with E-state index >= 15 is 0 Å². The first-order valence-corrected chi connectivity index (χ1v) is 5.31. The minimum Gasteiger partial charge on any atom is -0.392 e. The molecule has 0 aromatic heterocycles. The molecule has 16 heavy (non-hydrogen) atoms. The van der Waals surface area contributed by atoms with Crippen molar-refractivity contribution in [1.29, 1.82) is 0 Å². The van der Waals surface area contributed by atoms with Gasteiger partial charge in [-0.1, -0.05) is 66.7 Å². The van der Waals surface area contributed by atoms with Gasteiger partial charge in [-0.15, -0.1) is 0 Å². The Bertz CT molecular complexity index is 455. The van der Waals surface area contributed by atoms with Gasteiger partial charge in [0, 0.05) is 0 Å². The van der Waals surface area contributed by atoms with E-state index in [9.17, 15) is 0 Å². The minimum absolute atomic E-state index is 0.0999. The standard InChI is InChI=1S/C15H14O/c16-12-15-10-8-14(9-11-15)7-6-13-4-2-1-3-5-13/h1-11,16H,12H2. The molecule has 0 radical (unpaired) electrons. The fraction of sp³-hybridized carbons (Fsp3) is 0.0667. The lowest BCUT2D eigenvalue weighted by Crippen LogP contribution is -1.81. The summed E-state index contributed by atoms with van der Waals surface area (Å²) >= 11 is 0.